The van der Waals surface area contributed by atoms with E-state index in [0.29, 0.717) is 6.04 Å². The Morgan fingerprint density at radius 2 is 1.81 bits per heavy atom. The number of fused-ring (bicyclic) bond motifs is 1. The van der Waals surface area contributed by atoms with Crippen LogP contribution < -0.4 is 10.6 Å². The zero-order valence-electron chi connectivity index (χ0n) is 13.6. The van der Waals surface area contributed by atoms with E-state index in [-0.39, 0.29) is 11.1 Å². The Morgan fingerprint density at radius 1 is 1.10 bits per heavy atom. The molecule has 0 bridgehead atoms. The number of rotatable bonds is 3. The quantitative estimate of drug-likeness (QED) is 0.807. The zero-order valence-corrected chi connectivity index (χ0v) is 13.6. The van der Waals surface area contributed by atoms with Crippen LogP contribution in [-0.2, 0) is 6.54 Å². The third-order valence-electron chi connectivity index (χ3n) is 4.40. The smallest absolute Gasteiger partial charge is 0.0457 e. The van der Waals surface area contributed by atoms with Crippen molar-refractivity contribution in [3.05, 3.63) is 36.0 Å². The van der Waals surface area contributed by atoms with E-state index in [9.17, 15) is 0 Å². The summed E-state index contributed by atoms with van der Waals surface area (Å²) in [4.78, 5) is 3.29. The van der Waals surface area contributed by atoms with E-state index in [1.807, 2.05) is 6.20 Å². The molecular weight excluding hydrogens is 258 g/mol. The van der Waals surface area contributed by atoms with Gasteiger partial charge in [0.15, 0.2) is 0 Å². The molecule has 114 valence electrons. The van der Waals surface area contributed by atoms with E-state index in [4.69, 9.17) is 0 Å². The van der Waals surface area contributed by atoms with Crippen LogP contribution in [-0.4, -0.2) is 22.1 Å². The summed E-state index contributed by atoms with van der Waals surface area (Å²) in [6, 6.07) is 9.35. The van der Waals surface area contributed by atoms with Gasteiger partial charge in [-0.2, -0.15) is 0 Å². The zero-order chi connectivity index (χ0) is 15.1. The van der Waals surface area contributed by atoms with Crippen molar-refractivity contribution >= 4 is 10.9 Å². The predicted octanol–water partition coefficient (Wildman–Crippen LogP) is 3.57. The molecule has 1 fully saturated rings. The van der Waals surface area contributed by atoms with E-state index in [1.54, 1.807) is 0 Å². The SMILES string of the molecule is CC1(C)CC(NCc2ccc3cc[nH]c3c2)CC(C)(C)N1. The Balaban J connectivity index is 1.66. The average molecular weight is 285 g/mol. The molecule has 21 heavy (non-hydrogen) atoms. The summed E-state index contributed by atoms with van der Waals surface area (Å²) < 4.78 is 0. The predicted molar refractivity (Wildman–Crippen MR) is 89.5 cm³/mol. The van der Waals surface area contributed by atoms with Gasteiger partial charge in [0.1, 0.15) is 0 Å². The van der Waals surface area contributed by atoms with Gasteiger partial charge in [-0.05, 0) is 63.6 Å². The standard InChI is InChI=1S/C18H27N3/c1-17(2)10-15(11-18(3,4)21-17)20-12-13-5-6-14-7-8-19-16(14)9-13/h5-9,15,19-21H,10-12H2,1-4H3. The van der Waals surface area contributed by atoms with Crippen molar-refractivity contribution in [1.82, 2.24) is 15.6 Å². The lowest BCUT2D eigenvalue weighted by Gasteiger charge is -2.46. The highest BCUT2D eigenvalue weighted by atomic mass is 15.1. The Bertz CT molecular complexity index is 608. The fourth-order valence-corrected chi connectivity index (χ4v) is 3.93. The van der Waals surface area contributed by atoms with E-state index >= 15 is 0 Å². The summed E-state index contributed by atoms with van der Waals surface area (Å²) in [6.07, 6.45) is 4.34. The number of benzene rings is 1. The van der Waals surface area contributed by atoms with Gasteiger partial charge in [0.2, 0.25) is 0 Å². The van der Waals surface area contributed by atoms with E-state index in [0.717, 1.165) is 6.54 Å². The van der Waals surface area contributed by atoms with Gasteiger partial charge in [-0.1, -0.05) is 12.1 Å². The highest BCUT2D eigenvalue weighted by molar-refractivity contribution is 5.79. The summed E-state index contributed by atoms with van der Waals surface area (Å²) in [5.41, 5.74) is 2.96. The number of hydrogen-bond acceptors (Lipinski definition) is 2. The molecule has 3 heteroatoms. The second kappa shape index (κ2) is 5.15. The summed E-state index contributed by atoms with van der Waals surface area (Å²) in [7, 11) is 0. The highest BCUT2D eigenvalue weighted by Crippen LogP contribution is 2.28. The first-order valence-electron chi connectivity index (χ1n) is 7.92. The first-order chi connectivity index (χ1) is 9.83. The lowest BCUT2D eigenvalue weighted by molar-refractivity contribution is 0.145. The van der Waals surface area contributed by atoms with Gasteiger partial charge in [-0.25, -0.2) is 0 Å². The Hall–Kier alpha value is -1.32. The van der Waals surface area contributed by atoms with Crippen molar-refractivity contribution in [3.8, 4) is 0 Å². The number of piperidine rings is 1. The molecule has 0 spiro atoms. The minimum absolute atomic E-state index is 0.197. The first kappa shape index (κ1) is 14.6. The molecule has 1 aliphatic rings. The molecule has 0 radical (unpaired) electrons. The van der Waals surface area contributed by atoms with Crippen LogP contribution >= 0.6 is 0 Å². The largest absolute Gasteiger partial charge is 0.361 e. The Labute approximate surface area is 127 Å². The summed E-state index contributed by atoms with van der Waals surface area (Å²) in [5.74, 6) is 0. The van der Waals surface area contributed by atoms with Crippen molar-refractivity contribution < 1.29 is 0 Å². The monoisotopic (exact) mass is 285 g/mol. The van der Waals surface area contributed by atoms with Crippen LogP contribution in [0.3, 0.4) is 0 Å². The number of nitrogens with one attached hydrogen (secondary N) is 3. The third-order valence-corrected chi connectivity index (χ3v) is 4.40. The second-order valence-corrected chi connectivity index (χ2v) is 7.78. The topological polar surface area (TPSA) is 39.9 Å². The van der Waals surface area contributed by atoms with E-state index in [2.05, 4.69) is 67.6 Å². The molecule has 3 rings (SSSR count). The van der Waals surface area contributed by atoms with Gasteiger partial charge >= 0.3 is 0 Å². The van der Waals surface area contributed by atoms with Crippen molar-refractivity contribution in [3.63, 3.8) is 0 Å². The molecule has 2 aromatic rings. The summed E-state index contributed by atoms with van der Waals surface area (Å²) in [5, 5.41) is 8.77. The van der Waals surface area contributed by atoms with Gasteiger partial charge in [-0.3, -0.25) is 0 Å². The molecule has 1 saturated heterocycles. The second-order valence-electron chi connectivity index (χ2n) is 7.78. The van der Waals surface area contributed by atoms with Crippen molar-refractivity contribution in [2.24, 2.45) is 0 Å². The molecule has 1 aromatic heterocycles. The maximum Gasteiger partial charge on any atom is 0.0457 e. The van der Waals surface area contributed by atoms with Crippen LogP contribution in [0.25, 0.3) is 10.9 Å². The molecule has 0 saturated carbocycles. The molecule has 3 N–H and O–H groups in total. The third kappa shape index (κ3) is 3.47. The normalized spacial score (nSPS) is 21.7. The minimum atomic E-state index is 0.197. The maximum atomic E-state index is 3.75. The Kier molecular flexibility index (Phi) is 3.58. The van der Waals surface area contributed by atoms with Gasteiger partial charge in [0.05, 0.1) is 0 Å². The van der Waals surface area contributed by atoms with Crippen LogP contribution in [0.5, 0.6) is 0 Å². The maximum absolute atomic E-state index is 3.75. The van der Waals surface area contributed by atoms with Gasteiger partial charge in [0.25, 0.3) is 0 Å². The van der Waals surface area contributed by atoms with Crippen molar-refractivity contribution in [2.75, 3.05) is 0 Å². The fourth-order valence-electron chi connectivity index (χ4n) is 3.93. The molecule has 0 unspecified atom stereocenters. The molecule has 3 nitrogen and oxygen atoms in total. The molecule has 0 atom stereocenters. The highest BCUT2D eigenvalue weighted by Gasteiger charge is 2.37. The van der Waals surface area contributed by atoms with Crippen LogP contribution in [0.15, 0.2) is 30.5 Å². The number of aromatic amines is 1. The average Bonchev–Trinajstić information content (AvgIpc) is 2.79. The van der Waals surface area contributed by atoms with E-state index < -0.39 is 0 Å². The molecular formula is C18H27N3. The lowest BCUT2D eigenvalue weighted by atomic mass is 9.79. The van der Waals surface area contributed by atoms with Gasteiger partial charge in [0, 0.05) is 35.4 Å². The molecule has 1 aromatic carbocycles. The van der Waals surface area contributed by atoms with Crippen molar-refractivity contribution in [2.45, 2.75) is 64.2 Å². The van der Waals surface area contributed by atoms with Gasteiger partial charge in [-0.15, -0.1) is 0 Å². The molecule has 0 amide bonds. The number of aromatic nitrogens is 1. The van der Waals surface area contributed by atoms with Gasteiger partial charge < -0.3 is 15.6 Å². The molecule has 1 aliphatic heterocycles. The Morgan fingerprint density at radius 3 is 2.52 bits per heavy atom. The van der Waals surface area contributed by atoms with Crippen molar-refractivity contribution in [1.29, 1.82) is 0 Å². The van der Waals surface area contributed by atoms with Crippen LogP contribution in [0.1, 0.15) is 46.1 Å². The van der Waals surface area contributed by atoms with Crippen LogP contribution in [0.2, 0.25) is 0 Å². The number of H-pyrrole nitrogens is 1. The lowest BCUT2D eigenvalue weighted by Crippen LogP contribution is -2.61. The fraction of sp³-hybridized carbons (Fsp3) is 0.556. The first-order valence-corrected chi connectivity index (χ1v) is 7.92. The van der Waals surface area contributed by atoms with E-state index in [1.165, 1.54) is 29.3 Å². The van der Waals surface area contributed by atoms with Crippen LogP contribution in [0, 0.1) is 0 Å². The molecule has 2 heterocycles. The number of hydrogen-bond donors (Lipinski definition) is 3. The van der Waals surface area contributed by atoms with Crippen LogP contribution in [0.4, 0.5) is 0 Å². The summed E-state index contributed by atoms with van der Waals surface area (Å²) >= 11 is 0. The molecule has 0 aliphatic carbocycles. The summed E-state index contributed by atoms with van der Waals surface area (Å²) in [6.45, 7) is 10.1. The minimum Gasteiger partial charge on any atom is -0.361 e.